The minimum absolute atomic E-state index is 0.0656. The van der Waals surface area contributed by atoms with Gasteiger partial charge in [0.1, 0.15) is 5.76 Å². The smallest absolute Gasteiger partial charge is 0.416 e. The number of alkyl halides is 6. The molecule has 2 aromatic rings. The van der Waals surface area contributed by atoms with Gasteiger partial charge < -0.3 is 4.42 Å². The van der Waals surface area contributed by atoms with Crippen molar-refractivity contribution in [3.63, 3.8) is 0 Å². The van der Waals surface area contributed by atoms with Crippen molar-refractivity contribution in [2.24, 2.45) is 0 Å². The summed E-state index contributed by atoms with van der Waals surface area (Å²) in [5, 5.41) is 0. The third kappa shape index (κ3) is 2.91. The fourth-order valence-electron chi connectivity index (χ4n) is 1.49. The van der Waals surface area contributed by atoms with Gasteiger partial charge in [-0.15, -0.1) is 0 Å². The normalized spacial score (nSPS) is 12.7. The minimum Gasteiger partial charge on any atom is -0.453 e. The number of rotatable bonds is 1. The van der Waals surface area contributed by atoms with Crippen molar-refractivity contribution in [1.82, 2.24) is 0 Å². The lowest BCUT2D eigenvalue weighted by molar-refractivity contribution is -0.143. The average Bonchev–Trinajstić information content (AvgIpc) is 2.79. The monoisotopic (exact) mass is 279 g/mol. The highest BCUT2D eigenvalue weighted by Gasteiger charge is 2.37. The molecule has 1 nitrogen and oxygen atoms in total. The van der Waals surface area contributed by atoms with Crippen LogP contribution in [-0.4, -0.2) is 0 Å². The van der Waals surface area contributed by atoms with Gasteiger partial charge in [-0.05, 0) is 30.3 Å². The van der Waals surface area contributed by atoms with Crippen molar-refractivity contribution in [3.05, 3.63) is 47.7 Å². The van der Waals surface area contributed by atoms with Gasteiger partial charge >= 0.3 is 12.4 Å². The van der Waals surface area contributed by atoms with Crippen LogP contribution in [0.15, 0.2) is 34.7 Å². The van der Waals surface area contributed by atoms with Crippen molar-refractivity contribution < 1.29 is 30.8 Å². The Morgan fingerprint density at radius 3 is 1.74 bits per heavy atom. The third-order valence-electron chi connectivity index (χ3n) is 2.34. The zero-order valence-electron chi connectivity index (χ0n) is 9.06. The standard InChI is InChI=1S/C12H5F6O/c13-11(14,15)8-4-7(10-2-1-3-19-10)5-9(6-8)12(16,17)18/h1-2,4-6H. The highest BCUT2D eigenvalue weighted by molar-refractivity contribution is 5.60. The van der Waals surface area contributed by atoms with Crippen molar-refractivity contribution in [3.8, 4) is 11.3 Å². The van der Waals surface area contributed by atoms with E-state index in [1.165, 1.54) is 12.1 Å². The van der Waals surface area contributed by atoms with E-state index in [2.05, 4.69) is 6.26 Å². The van der Waals surface area contributed by atoms with Crippen LogP contribution < -0.4 is 0 Å². The summed E-state index contributed by atoms with van der Waals surface area (Å²) in [5.74, 6) is -0.114. The lowest BCUT2D eigenvalue weighted by Crippen LogP contribution is -2.10. The van der Waals surface area contributed by atoms with Gasteiger partial charge in [-0.2, -0.15) is 26.3 Å². The molecular weight excluding hydrogens is 274 g/mol. The lowest BCUT2D eigenvalue weighted by Gasteiger charge is -2.13. The Bertz CT molecular complexity index is 533. The lowest BCUT2D eigenvalue weighted by atomic mass is 10.0. The van der Waals surface area contributed by atoms with Gasteiger partial charge in [-0.1, -0.05) is 0 Å². The van der Waals surface area contributed by atoms with Gasteiger partial charge in [0, 0.05) is 5.56 Å². The zero-order valence-corrected chi connectivity index (χ0v) is 9.06. The van der Waals surface area contributed by atoms with Crippen LogP contribution in [0.1, 0.15) is 11.1 Å². The molecule has 2 rings (SSSR count). The SMILES string of the molecule is FC(F)(F)c1cc(-c2cc[c]o2)cc(C(F)(F)F)c1. The van der Waals surface area contributed by atoms with E-state index < -0.39 is 23.5 Å². The van der Waals surface area contributed by atoms with Crippen molar-refractivity contribution in [1.29, 1.82) is 0 Å². The quantitative estimate of drug-likeness (QED) is 0.684. The first kappa shape index (κ1) is 13.5. The summed E-state index contributed by atoms with van der Waals surface area (Å²) in [4.78, 5) is 0. The van der Waals surface area contributed by atoms with Crippen LogP contribution in [0, 0.1) is 6.26 Å². The average molecular weight is 279 g/mol. The Morgan fingerprint density at radius 1 is 0.842 bits per heavy atom. The molecule has 0 spiro atoms. The Balaban J connectivity index is 2.62. The molecule has 101 valence electrons. The number of furan rings is 1. The molecule has 0 bridgehead atoms. The molecule has 0 aliphatic carbocycles. The first-order valence-corrected chi connectivity index (χ1v) is 4.93. The number of benzene rings is 1. The number of hydrogen-bond donors (Lipinski definition) is 0. The molecule has 0 fully saturated rings. The second-order valence-electron chi connectivity index (χ2n) is 3.71. The van der Waals surface area contributed by atoms with E-state index in [0.717, 1.165) is 0 Å². The molecule has 1 heterocycles. The summed E-state index contributed by atoms with van der Waals surface area (Å²) in [7, 11) is 0. The molecule has 0 aliphatic heterocycles. The summed E-state index contributed by atoms with van der Waals surface area (Å²) >= 11 is 0. The zero-order chi connectivity index (χ0) is 14.3. The van der Waals surface area contributed by atoms with E-state index in [4.69, 9.17) is 4.42 Å². The minimum atomic E-state index is -4.87. The van der Waals surface area contributed by atoms with E-state index in [9.17, 15) is 26.3 Å². The second-order valence-corrected chi connectivity index (χ2v) is 3.71. The Hall–Kier alpha value is -1.92. The maximum atomic E-state index is 12.6. The van der Waals surface area contributed by atoms with E-state index in [0.29, 0.717) is 12.1 Å². The Labute approximate surface area is 103 Å². The molecule has 19 heavy (non-hydrogen) atoms. The topological polar surface area (TPSA) is 13.1 Å². The molecule has 0 saturated carbocycles. The van der Waals surface area contributed by atoms with Crippen molar-refractivity contribution >= 4 is 0 Å². The van der Waals surface area contributed by atoms with E-state index in [1.807, 2.05) is 0 Å². The molecule has 0 N–H and O–H groups in total. The third-order valence-corrected chi connectivity index (χ3v) is 2.34. The van der Waals surface area contributed by atoms with Crippen molar-refractivity contribution in [2.75, 3.05) is 0 Å². The molecule has 0 atom stereocenters. The Kier molecular flexibility index (Phi) is 3.07. The maximum absolute atomic E-state index is 12.6. The van der Waals surface area contributed by atoms with Gasteiger partial charge in [0.25, 0.3) is 0 Å². The number of hydrogen-bond acceptors (Lipinski definition) is 1. The molecule has 7 heteroatoms. The van der Waals surface area contributed by atoms with Crippen LogP contribution in [0.3, 0.4) is 0 Å². The van der Waals surface area contributed by atoms with Crippen LogP contribution in [-0.2, 0) is 12.4 Å². The number of halogens is 6. The molecular formula is C12H5F6O. The molecule has 1 aromatic carbocycles. The van der Waals surface area contributed by atoms with Crippen LogP contribution in [0.2, 0.25) is 0 Å². The summed E-state index contributed by atoms with van der Waals surface area (Å²) in [6.07, 6.45) is -7.53. The summed E-state index contributed by atoms with van der Waals surface area (Å²) in [6, 6.07) is 3.75. The molecule has 0 aliphatic rings. The molecule has 1 radical (unpaired) electrons. The van der Waals surface area contributed by atoms with Gasteiger partial charge in [-0.3, -0.25) is 0 Å². The van der Waals surface area contributed by atoms with Gasteiger partial charge in [-0.25, -0.2) is 0 Å². The van der Waals surface area contributed by atoms with Gasteiger partial charge in [0.2, 0.25) is 0 Å². The molecule has 0 saturated heterocycles. The van der Waals surface area contributed by atoms with Crippen LogP contribution in [0.5, 0.6) is 0 Å². The van der Waals surface area contributed by atoms with Crippen LogP contribution in [0.25, 0.3) is 11.3 Å². The largest absolute Gasteiger partial charge is 0.453 e. The summed E-state index contributed by atoms with van der Waals surface area (Å²) < 4.78 is 80.1. The highest BCUT2D eigenvalue weighted by Crippen LogP contribution is 2.38. The summed E-state index contributed by atoms with van der Waals surface area (Å²) in [5.41, 5.74) is -3.06. The van der Waals surface area contributed by atoms with Crippen LogP contribution >= 0.6 is 0 Å². The first-order valence-electron chi connectivity index (χ1n) is 4.93. The van der Waals surface area contributed by atoms with Crippen molar-refractivity contribution in [2.45, 2.75) is 12.4 Å². The molecule has 1 aromatic heterocycles. The Morgan fingerprint density at radius 2 is 1.37 bits per heavy atom. The van der Waals surface area contributed by atoms with E-state index in [1.54, 1.807) is 0 Å². The highest BCUT2D eigenvalue weighted by atomic mass is 19.4. The molecule has 0 unspecified atom stereocenters. The fourth-order valence-corrected chi connectivity index (χ4v) is 1.49. The first-order chi connectivity index (χ1) is 8.68. The fraction of sp³-hybridized carbons (Fsp3) is 0.167. The van der Waals surface area contributed by atoms with E-state index in [-0.39, 0.29) is 17.4 Å². The maximum Gasteiger partial charge on any atom is 0.416 e. The van der Waals surface area contributed by atoms with Crippen LogP contribution in [0.4, 0.5) is 26.3 Å². The second kappa shape index (κ2) is 4.32. The van der Waals surface area contributed by atoms with Gasteiger partial charge in [0.05, 0.1) is 11.1 Å². The predicted molar refractivity (Wildman–Crippen MR) is 53.0 cm³/mol. The predicted octanol–water partition coefficient (Wildman–Crippen LogP) is 4.78. The molecule has 0 amide bonds. The summed E-state index contributed by atoms with van der Waals surface area (Å²) in [6.45, 7) is 0. The van der Waals surface area contributed by atoms with Gasteiger partial charge in [0.15, 0.2) is 6.26 Å². The van der Waals surface area contributed by atoms with E-state index >= 15 is 0 Å².